The van der Waals surface area contributed by atoms with Gasteiger partial charge in [0.15, 0.2) is 0 Å². The van der Waals surface area contributed by atoms with E-state index in [4.69, 9.17) is 8.76 Å². The number of hydrogen-bond acceptors (Lipinski definition) is 2. The zero-order chi connectivity index (χ0) is 5.15. The molecule has 0 aliphatic heterocycles. The molecule has 0 aromatic rings. The molecule has 0 saturated heterocycles. The average molecular weight is 138 g/mol. The molecule has 0 aliphatic carbocycles. The third-order valence-electron chi connectivity index (χ3n) is 0.145. The number of alkyl halides is 2. The smallest absolute Gasteiger partial charge is 0.768 e. The molecule has 0 heterocycles. The van der Waals surface area contributed by atoms with E-state index in [1.165, 1.54) is 0 Å². The molecule has 1 unspecified atom stereocenters. The first-order valence-electron chi connectivity index (χ1n) is 1.01. The van der Waals surface area contributed by atoms with Gasteiger partial charge >= 0.3 is 29.6 Å². The topological polar surface area (TPSA) is 40.1 Å². The van der Waals surface area contributed by atoms with Crippen molar-refractivity contribution >= 4 is 11.1 Å². The fraction of sp³-hybridized carbons (Fsp3) is 1.00. The van der Waals surface area contributed by atoms with Gasteiger partial charge in [0, 0.05) is 11.1 Å². The van der Waals surface area contributed by atoms with Gasteiger partial charge in [0.25, 0.3) is 5.76 Å². The molecule has 0 aliphatic rings. The van der Waals surface area contributed by atoms with E-state index in [-0.39, 0.29) is 29.6 Å². The van der Waals surface area contributed by atoms with E-state index in [1.54, 1.807) is 0 Å². The van der Waals surface area contributed by atoms with Gasteiger partial charge in [-0.1, -0.05) is 0 Å². The molecule has 0 aromatic carbocycles. The second-order valence-corrected chi connectivity index (χ2v) is 1.40. The van der Waals surface area contributed by atoms with Crippen LogP contribution in [0, 0.1) is 0 Å². The van der Waals surface area contributed by atoms with E-state index in [0.29, 0.717) is 0 Å². The summed E-state index contributed by atoms with van der Waals surface area (Å²) in [7, 11) is 0. The van der Waals surface area contributed by atoms with E-state index in [0.717, 1.165) is 0 Å². The molecule has 0 saturated carbocycles. The van der Waals surface area contributed by atoms with Crippen LogP contribution in [0.15, 0.2) is 0 Å². The minimum Gasteiger partial charge on any atom is -0.768 e. The van der Waals surface area contributed by atoms with Crippen LogP contribution in [0.25, 0.3) is 0 Å². The van der Waals surface area contributed by atoms with Crippen LogP contribution < -0.4 is 29.6 Å². The Labute approximate surface area is 63.9 Å². The molecular weight excluding hydrogens is 137 g/mol. The van der Waals surface area contributed by atoms with E-state index in [2.05, 4.69) is 0 Å². The molecule has 2 nitrogen and oxygen atoms in total. The molecule has 0 bridgehead atoms. The van der Waals surface area contributed by atoms with Gasteiger partial charge in [-0.15, -0.1) is 0 Å². The van der Waals surface area contributed by atoms with Crippen molar-refractivity contribution in [2.75, 3.05) is 0 Å². The third-order valence-corrected chi connectivity index (χ3v) is 0.436. The largest absolute Gasteiger partial charge is 1.00 e. The van der Waals surface area contributed by atoms with Crippen molar-refractivity contribution in [1.82, 2.24) is 0 Å². The Hall–Kier alpha value is 0.970. The molecule has 0 fully saturated rings. The summed E-state index contributed by atoms with van der Waals surface area (Å²) in [5.74, 6) is -3.23. The van der Waals surface area contributed by atoms with Crippen LogP contribution in [0.5, 0.6) is 0 Å². The maximum Gasteiger partial charge on any atom is 1.00 e. The summed E-state index contributed by atoms with van der Waals surface area (Å²) < 4.78 is 39.0. The van der Waals surface area contributed by atoms with Gasteiger partial charge in [0.1, 0.15) is 0 Å². The maximum atomic E-state index is 10.5. The summed E-state index contributed by atoms with van der Waals surface area (Å²) >= 11 is -3.20. The first-order chi connectivity index (χ1) is 2.64. The summed E-state index contributed by atoms with van der Waals surface area (Å²) in [4.78, 5) is 0. The van der Waals surface area contributed by atoms with Gasteiger partial charge in [-0.05, 0) is 0 Å². The zero-order valence-corrected chi connectivity index (χ0v) is 6.37. The summed E-state index contributed by atoms with van der Waals surface area (Å²) in [6, 6.07) is 0. The van der Waals surface area contributed by atoms with Crippen LogP contribution in [-0.2, 0) is 11.1 Å². The Morgan fingerprint density at radius 3 is 1.71 bits per heavy atom. The van der Waals surface area contributed by atoms with Crippen molar-refractivity contribution in [3.05, 3.63) is 0 Å². The second-order valence-electron chi connectivity index (χ2n) is 0.521. The summed E-state index contributed by atoms with van der Waals surface area (Å²) in [6.07, 6.45) is 0. The van der Waals surface area contributed by atoms with E-state index in [1.807, 2.05) is 0 Å². The Bertz CT molecular complexity index is 66.7. The minimum atomic E-state index is -3.23. The molecule has 6 heteroatoms. The van der Waals surface area contributed by atoms with Gasteiger partial charge < -0.3 is 4.55 Å². The van der Waals surface area contributed by atoms with Gasteiger partial charge in [-0.2, -0.15) is 8.78 Å². The van der Waals surface area contributed by atoms with Crippen molar-refractivity contribution in [3.8, 4) is 0 Å². The molecule has 0 N–H and O–H groups in total. The minimum absolute atomic E-state index is 0. The fourth-order valence-electron chi connectivity index (χ4n) is 0. The molecule has 0 radical (unpaired) electrons. The second kappa shape index (κ2) is 5.11. The quantitative estimate of drug-likeness (QED) is 0.288. The van der Waals surface area contributed by atoms with Crippen molar-refractivity contribution < 1.29 is 47.1 Å². The molecule has 0 amide bonds. The normalized spacial score (nSPS) is 13.1. The van der Waals surface area contributed by atoms with Gasteiger partial charge in [-0.25, -0.2) is 0 Å². The predicted molar refractivity (Wildman–Crippen MR) is 14.9 cm³/mol. The maximum absolute atomic E-state index is 10.5. The van der Waals surface area contributed by atoms with E-state index < -0.39 is 16.8 Å². The summed E-state index contributed by atoms with van der Waals surface area (Å²) in [6.45, 7) is 0. The van der Waals surface area contributed by atoms with Crippen molar-refractivity contribution in [3.63, 3.8) is 0 Å². The first kappa shape index (κ1) is 10.9. The third kappa shape index (κ3) is 6.97. The summed E-state index contributed by atoms with van der Waals surface area (Å²) in [5.41, 5.74) is 0. The molecule has 0 rings (SSSR count). The van der Waals surface area contributed by atoms with Crippen LogP contribution in [0.1, 0.15) is 0 Å². The van der Waals surface area contributed by atoms with E-state index >= 15 is 0 Å². The fourth-order valence-corrected chi connectivity index (χ4v) is 0. The Morgan fingerprint density at radius 2 is 1.71 bits per heavy atom. The summed E-state index contributed by atoms with van der Waals surface area (Å²) in [5, 5.41) is 0. The Kier molecular flexibility index (Phi) is 7.94. The van der Waals surface area contributed by atoms with Crippen LogP contribution in [0.4, 0.5) is 8.78 Å². The molecule has 38 valence electrons. The van der Waals surface area contributed by atoms with Crippen LogP contribution in [0.2, 0.25) is 0 Å². The molecule has 0 spiro atoms. The average Bonchev–Trinajstić information content (AvgIpc) is 1.36. The van der Waals surface area contributed by atoms with Gasteiger partial charge in [-0.3, -0.25) is 4.21 Å². The van der Waals surface area contributed by atoms with Crippen LogP contribution in [0.3, 0.4) is 0 Å². The monoisotopic (exact) mass is 138 g/mol. The van der Waals surface area contributed by atoms with E-state index in [9.17, 15) is 8.78 Å². The van der Waals surface area contributed by atoms with Gasteiger partial charge in [0.2, 0.25) is 0 Å². The first-order valence-corrected chi connectivity index (χ1v) is 2.14. The molecule has 0 aromatic heterocycles. The SMILES string of the molecule is O=S([O-])C(F)F.[Na+]. The number of halogens is 2. The van der Waals surface area contributed by atoms with Crippen molar-refractivity contribution in [2.45, 2.75) is 5.76 Å². The van der Waals surface area contributed by atoms with Crippen molar-refractivity contribution in [2.24, 2.45) is 0 Å². The van der Waals surface area contributed by atoms with Gasteiger partial charge in [0.05, 0.1) is 0 Å². The molecular formula is CHF2NaO2S. The van der Waals surface area contributed by atoms with Crippen LogP contribution >= 0.6 is 0 Å². The Balaban J connectivity index is 0. The van der Waals surface area contributed by atoms with Crippen molar-refractivity contribution in [1.29, 1.82) is 0 Å². The van der Waals surface area contributed by atoms with Crippen LogP contribution in [-0.4, -0.2) is 14.5 Å². The Morgan fingerprint density at radius 1 is 1.57 bits per heavy atom. The molecule has 1 atom stereocenters. The number of rotatable bonds is 1. The molecule has 7 heavy (non-hydrogen) atoms. The zero-order valence-electron chi connectivity index (χ0n) is 3.56. The predicted octanol–water partition coefficient (Wildman–Crippen LogP) is -2.91. The number of hydrogen-bond donors (Lipinski definition) is 0. The standard InChI is InChI=1S/CH2F2O2S.Na/c2-1(3)6(4)5;/h1H,(H,4,5);/q;+1/p-1.